The lowest BCUT2D eigenvalue weighted by atomic mass is 9.89. The minimum atomic E-state index is -0.738. The van der Waals surface area contributed by atoms with Crippen molar-refractivity contribution in [2.45, 2.75) is 34.6 Å². The van der Waals surface area contributed by atoms with Crippen molar-refractivity contribution in [1.29, 1.82) is 0 Å². The molecule has 31 heavy (non-hydrogen) atoms. The Labute approximate surface area is 180 Å². The Hall–Kier alpha value is -3.80. The number of H-pyrrole nitrogens is 1. The number of carbonyl (C=O) groups is 2. The molecule has 3 aromatic rings. The van der Waals surface area contributed by atoms with Gasteiger partial charge in [0.15, 0.2) is 11.5 Å². The van der Waals surface area contributed by atoms with Crippen LogP contribution in [0.4, 0.5) is 10.5 Å². The standard InChI is InChI=1S/C22H25N5O4/c1-10-11(2)13(4)15(14(5)12(10)3)18-24-19-16(21(28)30-9)17(23-6)20(27(19)25-18)31-22(29)26(7)8/h1-5,7-9H3,(H,24,25). The average Bonchev–Trinajstić information content (AvgIpc) is 3.27. The molecule has 0 aliphatic carbocycles. The van der Waals surface area contributed by atoms with Gasteiger partial charge in [-0.3, -0.25) is 5.10 Å². The Morgan fingerprint density at radius 2 is 1.58 bits per heavy atom. The van der Waals surface area contributed by atoms with Crippen molar-refractivity contribution in [2.75, 3.05) is 21.2 Å². The van der Waals surface area contributed by atoms with Gasteiger partial charge in [0.25, 0.3) is 5.69 Å². The summed E-state index contributed by atoms with van der Waals surface area (Å²) >= 11 is 0. The topological polar surface area (TPSA) is 93.3 Å². The lowest BCUT2D eigenvalue weighted by molar-refractivity contribution is 0.0604. The Bertz CT molecular complexity index is 1240. The van der Waals surface area contributed by atoms with Gasteiger partial charge in [-0.2, -0.15) is 0 Å². The van der Waals surface area contributed by atoms with Gasteiger partial charge in [-0.1, -0.05) is 0 Å². The van der Waals surface area contributed by atoms with Crippen LogP contribution < -0.4 is 4.74 Å². The molecule has 1 amide bonds. The molecule has 2 aromatic heterocycles. The molecular weight excluding hydrogens is 398 g/mol. The predicted molar refractivity (Wildman–Crippen MR) is 116 cm³/mol. The van der Waals surface area contributed by atoms with Gasteiger partial charge >= 0.3 is 12.1 Å². The first kappa shape index (κ1) is 21.9. The molecule has 0 saturated carbocycles. The Balaban J connectivity index is 2.38. The third-order valence-electron chi connectivity index (χ3n) is 5.80. The highest BCUT2D eigenvalue weighted by molar-refractivity contribution is 6.05. The van der Waals surface area contributed by atoms with E-state index in [0.717, 1.165) is 27.8 Å². The smallest absolute Gasteiger partial charge is 0.414 e. The summed E-state index contributed by atoms with van der Waals surface area (Å²) in [5, 5.41) is 3.11. The number of nitrogens with zero attached hydrogens (tertiary/aromatic N) is 4. The van der Waals surface area contributed by atoms with Gasteiger partial charge in [0, 0.05) is 19.7 Å². The van der Waals surface area contributed by atoms with Crippen LogP contribution in [0.15, 0.2) is 0 Å². The van der Waals surface area contributed by atoms with Crippen molar-refractivity contribution in [1.82, 2.24) is 19.5 Å². The Morgan fingerprint density at radius 3 is 2.06 bits per heavy atom. The SMILES string of the molecule is [C-]#[N+]c1c(C(=O)OC)c2nc(-c3c(C)c(C)c(C)c(C)c3C)[nH]n2c1OC(=O)N(C)C. The number of esters is 1. The molecule has 0 fully saturated rings. The fraction of sp³-hybridized carbons (Fsp3) is 0.364. The van der Waals surface area contributed by atoms with Gasteiger partial charge in [-0.05, 0) is 62.4 Å². The highest BCUT2D eigenvalue weighted by Crippen LogP contribution is 2.40. The molecule has 0 radical (unpaired) electrons. The van der Waals surface area contributed by atoms with Crippen LogP contribution in [0, 0.1) is 41.2 Å². The van der Waals surface area contributed by atoms with Crippen molar-refractivity contribution in [3.05, 3.63) is 44.8 Å². The zero-order chi connectivity index (χ0) is 23.2. The van der Waals surface area contributed by atoms with E-state index in [0.29, 0.717) is 5.82 Å². The maximum absolute atomic E-state index is 12.5. The van der Waals surface area contributed by atoms with Crippen molar-refractivity contribution >= 4 is 23.4 Å². The fourth-order valence-electron chi connectivity index (χ4n) is 3.60. The lowest BCUT2D eigenvalue weighted by Crippen LogP contribution is -2.25. The number of rotatable bonds is 3. The summed E-state index contributed by atoms with van der Waals surface area (Å²) in [6.07, 6.45) is -0.689. The van der Waals surface area contributed by atoms with E-state index in [1.54, 1.807) is 0 Å². The maximum Gasteiger partial charge on any atom is 0.414 e. The number of carbonyl (C=O) groups excluding carboxylic acids is 2. The van der Waals surface area contributed by atoms with E-state index in [1.807, 2.05) is 13.8 Å². The number of benzene rings is 1. The molecular formula is C22H25N5O4. The van der Waals surface area contributed by atoms with Gasteiger partial charge in [-0.15, -0.1) is 0 Å². The lowest BCUT2D eigenvalue weighted by Gasteiger charge is -2.17. The summed E-state index contributed by atoms with van der Waals surface area (Å²) in [4.78, 5) is 34.0. The summed E-state index contributed by atoms with van der Waals surface area (Å²) in [7, 11) is 4.27. The largest absolute Gasteiger partial charge is 0.466 e. The number of fused-ring (bicyclic) bond motifs is 1. The van der Waals surface area contributed by atoms with Gasteiger partial charge in [-0.25, -0.2) is 23.9 Å². The molecule has 0 spiro atoms. The van der Waals surface area contributed by atoms with Crippen LogP contribution in [0.25, 0.3) is 21.9 Å². The van der Waals surface area contributed by atoms with E-state index in [1.165, 1.54) is 36.2 Å². The first-order valence-electron chi connectivity index (χ1n) is 9.61. The number of nitrogens with one attached hydrogen (secondary N) is 1. The molecule has 0 saturated heterocycles. The molecule has 9 nitrogen and oxygen atoms in total. The van der Waals surface area contributed by atoms with Crippen molar-refractivity contribution < 1.29 is 19.1 Å². The summed E-state index contributed by atoms with van der Waals surface area (Å²) < 4.78 is 11.6. The highest BCUT2D eigenvalue weighted by Gasteiger charge is 2.31. The molecule has 3 rings (SSSR count). The van der Waals surface area contributed by atoms with Crippen molar-refractivity contribution in [3.63, 3.8) is 0 Å². The highest BCUT2D eigenvalue weighted by atomic mass is 16.6. The zero-order valence-corrected chi connectivity index (χ0v) is 18.9. The van der Waals surface area contributed by atoms with Crippen LogP contribution in [-0.4, -0.2) is 52.8 Å². The van der Waals surface area contributed by atoms with E-state index >= 15 is 0 Å². The molecule has 0 unspecified atom stereocenters. The predicted octanol–water partition coefficient (Wildman–Crippen LogP) is 4.27. The Morgan fingerprint density at radius 1 is 1.03 bits per heavy atom. The molecule has 0 aliphatic heterocycles. The van der Waals surface area contributed by atoms with E-state index in [2.05, 4.69) is 35.7 Å². The molecule has 9 heteroatoms. The van der Waals surface area contributed by atoms with E-state index in [-0.39, 0.29) is 22.8 Å². The van der Waals surface area contributed by atoms with Crippen LogP contribution in [0.5, 0.6) is 5.88 Å². The van der Waals surface area contributed by atoms with Crippen LogP contribution in [0.3, 0.4) is 0 Å². The third kappa shape index (κ3) is 3.30. The molecule has 0 bridgehead atoms. The van der Waals surface area contributed by atoms with Crippen LogP contribution >= 0.6 is 0 Å². The monoisotopic (exact) mass is 423 g/mol. The van der Waals surface area contributed by atoms with Crippen LogP contribution in [0.1, 0.15) is 38.2 Å². The average molecular weight is 423 g/mol. The van der Waals surface area contributed by atoms with Crippen molar-refractivity contribution in [3.8, 4) is 17.3 Å². The molecule has 0 aliphatic rings. The molecule has 162 valence electrons. The summed E-state index contributed by atoms with van der Waals surface area (Å²) in [6.45, 7) is 17.8. The number of hydrogen-bond donors (Lipinski definition) is 1. The van der Waals surface area contributed by atoms with E-state index < -0.39 is 12.1 Å². The van der Waals surface area contributed by atoms with Gasteiger partial charge in [0.2, 0.25) is 5.88 Å². The minimum absolute atomic E-state index is 0.0579. The second-order valence-corrected chi connectivity index (χ2v) is 7.63. The van der Waals surface area contributed by atoms with E-state index in [4.69, 9.17) is 16.0 Å². The number of hydrogen-bond acceptors (Lipinski definition) is 5. The first-order valence-corrected chi connectivity index (χ1v) is 9.61. The molecule has 0 atom stereocenters. The van der Waals surface area contributed by atoms with Gasteiger partial charge in [0.05, 0.1) is 13.7 Å². The van der Waals surface area contributed by atoms with Crippen molar-refractivity contribution in [2.24, 2.45) is 0 Å². The quantitative estimate of drug-likeness (QED) is 0.502. The van der Waals surface area contributed by atoms with Crippen LogP contribution in [0.2, 0.25) is 0 Å². The normalized spacial score (nSPS) is 10.8. The zero-order valence-electron chi connectivity index (χ0n) is 18.9. The summed E-state index contributed by atoms with van der Waals surface area (Å²) in [5.74, 6) is -0.350. The first-order chi connectivity index (χ1) is 14.5. The summed E-state index contributed by atoms with van der Waals surface area (Å²) in [5.41, 5.74) is 6.46. The van der Waals surface area contributed by atoms with Crippen LogP contribution in [-0.2, 0) is 4.74 Å². The third-order valence-corrected chi connectivity index (χ3v) is 5.80. The number of amides is 1. The van der Waals surface area contributed by atoms with Gasteiger partial charge < -0.3 is 14.4 Å². The number of aromatic nitrogens is 3. The number of ether oxygens (including phenoxy) is 2. The molecule has 2 heterocycles. The second-order valence-electron chi connectivity index (χ2n) is 7.63. The minimum Gasteiger partial charge on any atom is -0.466 e. The second kappa shape index (κ2) is 7.80. The molecule has 1 N–H and O–H groups in total. The number of methoxy groups -OCH3 is 1. The Kier molecular flexibility index (Phi) is 5.51. The number of aromatic amines is 1. The molecule has 1 aromatic carbocycles. The fourth-order valence-corrected chi connectivity index (χ4v) is 3.60. The van der Waals surface area contributed by atoms with E-state index in [9.17, 15) is 9.59 Å². The van der Waals surface area contributed by atoms with Gasteiger partial charge in [0.1, 0.15) is 5.56 Å². The maximum atomic E-state index is 12.5. The summed E-state index contributed by atoms with van der Waals surface area (Å²) in [6, 6.07) is 0.